The molecule has 0 radical (unpaired) electrons. The lowest BCUT2D eigenvalue weighted by Crippen LogP contribution is -2.60. The van der Waals surface area contributed by atoms with Crippen LogP contribution in [0.15, 0.2) is 0 Å². The van der Waals surface area contributed by atoms with Crippen molar-refractivity contribution in [2.75, 3.05) is 20.1 Å². The molecule has 0 aromatic heterocycles. The van der Waals surface area contributed by atoms with Gasteiger partial charge in [0.15, 0.2) is 0 Å². The molecule has 1 aliphatic heterocycles. The van der Waals surface area contributed by atoms with E-state index in [-0.39, 0.29) is 0 Å². The highest BCUT2D eigenvalue weighted by Gasteiger charge is 2.61. The Kier molecular flexibility index (Phi) is 5.01. The zero-order valence-electron chi connectivity index (χ0n) is 19.7. The third kappa shape index (κ3) is 3.01. The van der Waals surface area contributed by atoms with Crippen molar-refractivity contribution < 1.29 is 9.28 Å². The molecule has 5 aliphatic rings. The quantitative estimate of drug-likeness (QED) is 0.502. The molecule has 8 atom stereocenters. The van der Waals surface area contributed by atoms with Gasteiger partial charge in [0, 0.05) is 12.3 Å². The van der Waals surface area contributed by atoms with Crippen LogP contribution in [0, 0.1) is 40.4 Å². The van der Waals surface area contributed by atoms with Gasteiger partial charge >= 0.3 is 0 Å². The second kappa shape index (κ2) is 7.07. The molecule has 164 valence electrons. The Morgan fingerprint density at radius 3 is 2.24 bits per heavy atom. The number of carbonyl (C=O) groups is 1. The molecule has 4 aliphatic carbocycles. The SMILES string of the molecule is CC(=O)[C@H]1CC[C@H]2[C@@H]3CC[C@H]4C[C@@H]([N+]5(C)CCCCC5)CC[C@]4(C)[C@H]3CC[C@]12C. The fourth-order valence-corrected chi connectivity index (χ4v) is 10.1. The van der Waals surface area contributed by atoms with Crippen LogP contribution in [0.4, 0.5) is 0 Å². The molecule has 1 saturated heterocycles. The highest BCUT2D eigenvalue weighted by atomic mass is 16.1. The van der Waals surface area contributed by atoms with E-state index in [1.807, 2.05) is 6.92 Å². The summed E-state index contributed by atoms with van der Waals surface area (Å²) < 4.78 is 1.39. The largest absolute Gasteiger partial charge is 0.324 e. The Balaban J connectivity index is 1.34. The summed E-state index contributed by atoms with van der Waals surface area (Å²) in [5.74, 6) is 4.49. The molecule has 0 amide bonds. The summed E-state index contributed by atoms with van der Waals surface area (Å²) in [7, 11) is 2.59. The number of ketones is 1. The van der Waals surface area contributed by atoms with E-state index >= 15 is 0 Å². The molecule has 0 spiro atoms. The van der Waals surface area contributed by atoms with E-state index in [4.69, 9.17) is 0 Å². The first kappa shape index (κ1) is 20.5. The molecule has 29 heavy (non-hydrogen) atoms. The molecule has 0 aromatic rings. The molecule has 2 nitrogen and oxygen atoms in total. The van der Waals surface area contributed by atoms with Gasteiger partial charge < -0.3 is 4.48 Å². The van der Waals surface area contributed by atoms with Crippen LogP contribution in [0.1, 0.15) is 97.8 Å². The molecule has 1 heterocycles. The van der Waals surface area contributed by atoms with Crippen LogP contribution >= 0.6 is 0 Å². The van der Waals surface area contributed by atoms with Crippen LogP contribution in [0.5, 0.6) is 0 Å². The van der Waals surface area contributed by atoms with Crippen LogP contribution < -0.4 is 0 Å². The lowest BCUT2D eigenvalue weighted by atomic mass is 9.44. The molecule has 5 rings (SSSR count). The van der Waals surface area contributed by atoms with Crippen LogP contribution in [-0.2, 0) is 4.79 Å². The highest BCUT2D eigenvalue weighted by molar-refractivity contribution is 5.79. The maximum Gasteiger partial charge on any atom is 0.133 e. The Labute approximate surface area is 179 Å². The lowest BCUT2D eigenvalue weighted by molar-refractivity contribution is -0.939. The first-order valence-electron chi connectivity index (χ1n) is 13.1. The summed E-state index contributed by atoms with van der Waals surface area (Å²) in [6.45, 7) is 9.95. The normalized spacial score (nSPS) is 51.6. The predicted molar refractivity (Wildman–Crippen MR) is 119 cm³/mol. The summed E-state index contributed by atoms with van der Waals surface area (Å²) in [6.07, 6.45) is 17.0. The summed E-state index contributed by atoms with van der Waals surface area (Å²) >= 11 is 0. The lowest BCUT2D eigenvalue weighted by Gasteiger charge is -2.62. The Hall–Kier alpha value is -0.370. The summed E-state index contributed by atoms with van der Waals surface area (Å²) in [5.41, 5.74) is 0.907. The summed E-state index contributed by atoms with van der Waals surface area (Å²) in [4.78, 5) is 12.4. The third-order valence-electron chi connectivity index (χ3n) is 11.8. The Bertz CT molecular complexity index is 651. The third-order valence-corrected chi connectivity index (χ3v) is 11.8. The van der Waals surface area contributed by atoms with Gasteiger partial charge in [-0.1, -0.05) is 13.8 Å². The Morgan fingerprint density at radius 2 is 1.52 bits per heavy atom. The van der Waals surface area contributed by atoms with E-state index in [1.54, 1.807) is 0 Å². The zero-order valence-corrected chi connectivity index (χ0v) is 19.7. The number of hydrogen-bond acceptors (Lipinski definition) is 1. The maximum absolute atomic E-state index is 12.4. The molecule has 0 bridgehead atoms. The van der Waals surface area contributed by atoms with Crippen molar-refractivity contribution >= 4 is 5.78 Å². The van der Waals surface area contributed by atoms with Gasteiger partial charge in [-0.2, -0.15) is 0 Å². The molecule has 0 N–H and O–H groups in total. The minimum atomic E-state index is 0.319. The van der Waals surface area contributed by atoms with Crippen molar-refractivity contribution in [1.29, 1.82) is 0 Å². The van der Waals surface area contributed by atoms with Gasteiger partial charge in [-0.25, -0.2) is 0 Å². The van der Waals surface area contributed by atoms with Gasteiger partial charge in [-0.15, -0.1) is 0 Å². The van der Waals surface area contributed by atoms with Crippen molar-refractivity contribution in [3.05, 3.63) is 0 Å². The van der Waals surface area contributed by atoms with Crippen LogP contribution in [0.3, 0.4) is 0 Å². The molecule has 2 heteroatoms. The molecule has 5 fully saturated rings. The van der Waals surface area contributed by atoms with Crippen molar-refractivity contribution in [3.8, 4) is 0 Å². The van der Waals surface area contributed by atoms with Crippen molar-refractivity contribution in [2.45, 2.75) is 104 Å². The molecular weight excluding hydrogens is 354 g/mol. The van der Waals surface area contributed by atoms with Crippen molar-refractivity contribution in [1.82, 2.24) is 0 Å². The van der Waals surface area contributed by atoms with Gasteiger partial charge in [-0.05, 0) is 112 Å². The second-order valence-electron chi connectivity index (χ2n) is 12.9. The Morgan fingerprint density at radius 1 is 0.828 bits per heavy atom. The van der Waals surface area contributed by atoms with E-state index in [9.17, 15) is 4.79 Å². The standard InChI is InChI=1S/C27H46NO/c1-19(29)23-10-11-24-22-9-8-20-18-21(28(4)16-6-5-7-17-28)12-14-26(20,2)25(22)13-15-27(23,24)3/h20-25H,5-18H2,1-4H3/q+1/t20-,21-,22-,23+,24-,25-,26-,27+/m0/s1. The maximum atomic E-state index is 12.4. The average Bonchev–Trinajstić information content (AvgIpc) is 3.05. The minimum Gasteiger partial charge on any atom is -0.324 e. The summed E-state index contributed by atoms with van der Waals surface area (Å²) in [6, 6.07) is 0.937. The van der Waals surface area contributed by atoms with E-state index in [0.29, 0.717) is 22.5 Å². The molecule has 0 aromatic carbocycles. The number of carbonyl (C=O) groups excluding carboxylic acids is 1. The van der Waals surface area contributed by atoms with E-state index in [1.165, 1.54) is 94.6 Å². The van der Waals surface area contributed by atoms with E-state index in [2.05, 4.69) is 20.9 Å². The fraction of sp³-hybridized carbons (Fsp3) is 0.963. The van der Waals surface area contributed by atoms with Gasteiger partial charge in [-0.3, -0.25) is 4.79 Å². The molecule has 0 unspecified atom stereocenters. The number of likely N-dealkylation sites (tertiary alicyclic amines) is 1. The number of nitrogens with zero attached hydrogens (tertiary/aromatic N) is 1. The number of Topliss-reactive ketones (excluding diaryl/α,β-unsaturated/α-hetero) is 1. The smallest absolute Gasteiger partial charge is 0.133 e. The topological polar surface area (TPSA) is 17.1 Å². The summed E-state index contributed by atoms with van der Waals surface area (Å²) in [5, 5.41) is 0. The first-order chi connectivity index (χ1) is 13.8. The van der Waals surface area contributed by atoms with Crippen molar-refractivity contribution in [3.63, 3.8) is 0 Å². The first-order valence-corrected chi connectivity index (χ1v) is 13.1. The molecular formula is C27H46NO+. The van der Waals surface area contributed by atoms with Gasteiger partial charge in [0.2, 0.25) is 0 Å². The average molecular weight is 401 g/mol. The van der Waals surface area contributed by atoms with Crippen molar-refractivity contribution in [2.24, 2.45) is 40.4 Å². The number of quaternary nitrogens is 1. The molecule has 4 saturated carbocycles. The zero-order chi connectivity index (χ0) is 20.4. The van der Waals surface area contributed by atoms with E-state index < -0.39 is 0 Å². The highest BCUT2D eigenvalue weighted by Crippen LogP contribution is 2.67. The van der Waals surface area contributed by atoms with Crippen LogP contribution in [-0.4, -0.2) is 36.4 Å². The van der Waals surface area contributed by atoms with E-state index in [0.717, 1.165) is 29.7 Å². The number of rotatable bonds is 2. The van der Waals surface area contributed by atoms with Gasteiger partial charge in [0.25, 0.3) is 0 Å². The second-order valence-corrected chi connectivity index (χ2v) is 12.9. The van der Waals surface area contributed by atoms with Gasteiger partial charge in [0.05, 0.1) is 26.2 Å². The minimum absolute atomic E-state index is 0.319. The van der Waals surface area contributed by atoms with Crippen LogP contribution in [0.25, 0.3) is 0 Å². The van der Waals surface area contributed by atoms with Gasteiger partial charge in [0.1, 0.15) is 5.78 Å². The fourth-order valence-electron chi connectivity index (χ4n) is 10.1. The number of hydrogen-bond donors (Lipinski definition) is 0. The predicted octanol–water partition coefficient (Wildman–Crippen LogP) is 6.23. The monoisotopic (exact) mass is 400 g/mol. The number of piperidine rings is 1. The van der Waals surface area contributed by atoms with Crippen LogP contribution in [0.2, 0.25) is 0 Å². The number of fused-ring (bicyclic) bond motifs is 5.